The molecule has 181 valence electrons. The molecule has 1 atom stereocenters. The number of likely N-dealkylation sites (N-methyl/N-ethyl adjacent to an activating group) is 1. The molecular formula is C26H24ClNO5Re-4. The van der Waals surface area contributed by atoms with Gasteiger partial charge in [-0.3, -0.25) is 20.4 Å². The monoisotopic (exact) mass is 652 g/mol. The Morgan fingerprint density at radius 1 is 1.03 bits per heavy atom. The van der Waals surface area contributed by atoms with Gasteiger partial charge in [0.05, 0.1) is 5.02 Å². The first kappa shape index (κ1) is 31.2. The van der Waals surface area contributed by atoms with Crippen LogP contribution in [0.3, 0.4) is 0 Å². The minimum absolute atomic E-state index is 0. The van der Waals surface area contributed by atoms with Crippen molar-refractivity contribution in [1.82, 2.24) is 4.90 Å². The SMILES string of the molecule is CN1CCc2cc(Cl)c(O)cc2C(c2ccccc2C(=O)c2ccc[cH-]2)C1.[CH-]=O.[CH-]=O.[CH-]=O.[Re]. The van der Waals surface area contributed by atoms with Gasteiger partial charge in [-0.15, -0.1) is 11.6 Å². The third-order valence-corrected chi connectivity index (χ3v) is 5.65. The van der Waals surface area contributed by atoms with Gasteiger partial charge in [0, 0.05) is 39.4 Å². The molecule has 0 fully saturated rings. The van der Waals surface area contributed by atoms with Crippen LogP contribution in [0.4, 0.5) is 0 Å². The number of ketones is 1. The third kappa shape index (κ3) is 7.34. The number of fused-ring (bicyclic) bond motifs is 1. The van der Waals surface area contributed by atoms with E-state index < -0.39 is 0 Å². The van der Waals surface area contributed by atoms with Gasteiger partial charge in [0.2, 0.25) is 0 Å². The van der Waals surface area contributed by atoms with E-state index in [0.717, 1.165) is 36.2 Å². The van der Waals surface area contributed by atoms with Crippen LogP contribution >= 0.6 is 11.6 Å². The van der Waals surface area contributed by atoms with E-state index in [1.54, 1.807) is 6.07 Å². The van der Waals surface area contributed by atoms with E-state index in [4.69, 9.17) is 26.0 Å². The van der Waals surface area contributed by atoms with Crippen LogP contribution in [0, 0.1) is 0 Å². The fourth-order valence-electron chi connectivity index (χ4n) is 3.93. The Kier molecular flexibility index (Phi) is 14.6. The van der Waals surface area contributed by atoms with E-state index in [-0.39, 0.29) is 37.9 Å². The number of hydrogen-bond acceptors (Lipinski definition) is 6. The normalized spacial score (nSPS) is 14.1. The molecule has 0 aromatic heterocycles. The zero-order valence-corrected chi connectivity index (χ0v) is 22.0. The molecule has 4 rings (SSSR count). The zero-order valence-electron chi connectivity index (χ0n) is 18.5. The molecule has 34 heavy (non-hydrogen) atoms. The first-order valence-electron chi connectivity index (χ1n) is 9.80. The van der Waals surface area contributed by atoms with Gasteiger partial charge in [-0.25, -0.2) is 0 Å². The number of phenols is 1. The molecule has 3 aromatic carbocycles. The fraction of sp³-hybridized carbons (Fsp3) is 0.192. The maximum Gasteiger partial charge on any atom is 0.134 e. The number of hydrogen-bond donors (Lipinski definition) is 1. The Labute approximate surface area is 218 Å². The number of aromatic hydroxyl groups is 1. The topological polar surface area (TPSA) is 91.8 Å². The smallest absolute Gasteiger partial charge is 0.134 e. The largest absolute Gasteiger partial charge is 0.545 e. The summed E-state index contributed by atoms with van der Waals surface area (Å²) in [5, 5.41) is 10.6. The van der Waals surface area contributed by atoms with Gasteiger partial charge < -0.3 is 29.2 Å². The van der Waals surface area contributed by atoms with Crippen LogP contribution in [-0.4, -0.2) is 56.3 Å². The van der Waals surface area contributed by atoms with Crippen LogP contribution in [0.25, 0.3) is 0 Å². The molecule has 0 spiro atoms. The van der Waals surface area contributed by atoms with Crippen molar-refractivity contribution in [2.45, 2.75) is 12.3 Å². The number of rotatable bonds is 3. The van der Waals surface area contributed by atoms with Crippen LogP contribution < -0.4 is 0 Å². The van der Waals surface area contributed by atoms with Crippen molar-refractivity contribution in [2.75, 3.05) is 20.1 Å². The van der Waals surface area contributed by atoms with E-state index >= 15 is 0 Å². The van der Waals surface area contributed by atoms with Gasteiger partial charge in [0.15, 0.2) is 0 Å². The average Bonchev–Trinajstić information content (AvgIpc) is 3.36. The molecule has 8 heteroatoms. The summed E-state index contributed by atoms with van der Waals surface area (Å²) in [7, 11) is 2.09. The minimum atomic E-state index is -0.00854. The summed E-state index contributed by atoms with van der Waals surface area (Å²) >= 11 is 6.16. The Hall–Kier alpha value is -2.82. The van der Waals surface area contributed by atoms with Gasteiger partial charge in [0.25, 0.3) is 0 Å². The molecule has 0 amide bonds. The quantitative estimate of drug-likeness (QED) is 0.263. The van der Waals surface area contributed by atoms with E-state index in [0.29, 0.717) is 16.1 Å². The number of nitrogens with zero attached hydrogens (tertiary/aromatic N) is 1. The van der Waals surface area contributed by atoms with Crippen molar-refractivity contribution >= 4 is 37.8 Å². The van der Waals surface area contributed by atoms with E-state index in [9.17, 15) is 9.90 Å². The summed E-state index contributed by atoms with van der Waals surface area (Å²) < 4.78 is 0. The molecule has 1 unspecified atom stereocenters. The predicted molar refractivity (Wildman–Crippen MR) is 128 cm³/mol. The molecule has 0 saturated heterocycles. The maximum atomic E-state index is 13.1. The number of carbonyl (C=O) groups excluding carboxylic acids is 4. The Bertz CT molecular complexity index is 1040. The summed E-state index contributed by atoms with van der Waals surface area (Å²) in [4.78, 5) is 38.6. The van der Waals surface area contributed by atoms with Crippen molar-refractivity contribution in [3.63, 3.8) is 0 Å². The van der Waals surface area contributed by atoms with E-state index in [1.165, 1.54) is 0 Å². The number of halogens is 1. The molecular weight excluding hydrogens is 628 g/mol. The van der Waals surface area contributed by atoms with Crippen LogP contribution in [-0.2, 0) is 41.2 Å². The predicted octanol–water partition coefficient (Wildman–Crippen LogP) is 3.79. The Morgan fingerprint density at radius 3 is 2.29 bits per heavy atom. The minimum Gasteiger partial charge on any atom is -0.545 e. The number of benzene rings is 2. The van der Waals surface area contributed by atoms with Crippen LogP contribution in [0.2, 0.25) is 5.02 Å². The van der Waals surface area contributed by atoms with E-state index in [2.05, 4.69) is 32.3 Å². The second-order valence-corrected chi connectivity index (χ2v) is 7.56. The molecule has 1 aliphatic rings. The standard InChI is InChI=1S/C23H21ClNO2.3CHO.Re/c1-25-11-10-16-12-21(24)22(26)13-19(16)20(14-25)17-8-4-5-9-18(17)23(27)15-6-2-3-7-15;3*1-2;/h2-9,12-13,20,26H,10-11,14H2,1H3;3*1H;/q4*-1;. The first-order valence-corrected chi connectivity index (χ1v) is 10.2. The van der Waals surface area contributed by atoms with Gasteiger partial charge in [-0.1, -0.05) is 35.9 Å². The summed E-state index contributed by atoms with van der Waals surface area (Å²) in [6.07, 6.45) is 0.862. The van der Waals surface area contributed by atoms with Crippen LogP contribution in [0.5, 0.6) is 5.75 Å². The molecule has 3 aromatic rings. The summed E-state index contributed by atoms with van der Waals surface area (Å²) in [5.41, 5.74) is 4.57. The summed E-state index contributed by atoms with van der Waals surface area (Å²) in [6.45, 7) is 11.4. The molecule has 1 N–H and O–H groups in total. The third-order valence-electron chi connectivity index (χ3n) is 5.35. The van der Waals surface area contributed by atoms with Crippen LogP contribution in [0.1, 0.15) is 38.5 Å². The second-order valence-electron chi connectivity index (χ2n) is 7.16. The molecule has 0 bridgehead atoms. The average molecular weight is 652 g/mol. The molecule has 1 heterocycles. The summed E-state index contributed by atoms with van der Waals surface area (Å²) in [6, 6.07) is 18.9. The molecule has 1 aliphatic heterocycles. The molecule has 1 radical (unpaired) electrons. The summed E-state index contributed by atoms with van der Waals surface area (Å²) in [5.74, 6) is 0.109. The van der Waals surface area contributed by atoms with Crippen molar-refractivity contribution < 1.29 is 44.7 Å². The number of phenolic OH excluding ortho intramolecular Hbond substituents is 1. The van der Waals surface area contributed by atoms with Gasteiger partial charge in [0.1, 0.15) is 11.5 Å². The molecule has 0 saturated carbocycles. The molecule has 0 aliphatic carbocycles. The first-order chi connectivity index (χ1) is 16.0. The zero-order chi connectivity index (χ0) is 25.0. The number of carbonyl (C=O) groups is 1. The fourth-order valence-corrected chi connectivity index (χ4v) is 4.11. The van der Waals surface area contributed by atoms with Crippen molar-refractivity contribution in [1.29, 1.82) is 0 Å². The van der Waals surface area contributed by atoms with Crippen molar-refractivity contribution in [3.8, 4) is 5.75 Å². The Morgan fingerprint density at radius 2 is 1.68 bits per heavy atom. The van der Waals surface area contributed by atoms with Gasteiger partial charge in [-0.05, 0) is 47.9 Å². The van der Waals surface area contributed by atoms with Crippen molar-refractivity contribution in [3.05, 3.63) is 93.5 Å². The van der Waals surface area contributed by atoms with Crippen LogP contribution in [0.15, 0.2) is 60.7 Å². The Balaban J connectivity index is 0.00000145. The molecule has 6 nitrogen and oxygen atoms in total. The van der Waals surface area contributed by atoms with Crippen molar-refractivity contribution in [2.24, 2.45) is 0 Å². The van der Waals surface area contributed by atoms with Gasteiger partial charge in [-0.2, -0.15) is 18.2 Å². The van der Waals surface area contributed by atoms with Gasteiger partial charge >= 0.3 is 0 Å². The second kappa shape index (κ2) is 15.9. The van der Waals surface area contributed by atoms with E-state index in [1.807, 2.05) is 54.6 Å². The maximum absolute atomic E-state index is 13.1.